The second kappa shape index (κ2) is 11.4. The summed E-state index contributed by atoms with van der Waals surface area (Å²) in [7, 11) is -4.06. The van der Waals surface area contributed by atoms with E-state index in [9.17, 15) is 17.6 Å². The molecule has 1 aliphatic heterocycles. The summed E-state index contributed by atoms with van der Waals surface area (Å²) in [6, 6.07) is 17.0. The third kappa shape index (κ3) is 6.12. The summed E-state index contributed by atoms with van der Waals surface area (Å²) < 4.78 is 42.3. The number of hydrogen-bond acceptors (Lipinski definition) is 4. The van der Waals surface area contributed by atoms with E-state index in [-0.39, 0.29) is 29.7 Å². The third-order valence-corrected chi connectivity index (χ3v) is 8.60. The second-order valence-electron chi connectivity index (χ2n) is 8.28. The average molecular weight is 571 g/mol. The van der Waals surface area contributed by atoms with Gasteiger partial charge in [-0.25, -0.2) is 12.8 Å². The minimum atomic E-state index is -4.06. The van der Waals surface area contributed by atoms with Crippen LogP contribution in [0.15, 0.2) is 71.6 Å². The van der Waals surface area contributed by atoms with Crippen LogP contribution in [0.2, 0.25) is 15.1 Å². The molecule has 0 aliphatic carbocycles. The van der Waals surface area contributed by atoms with Crippen molar-refractivity contribution in [1.29, 1.82) is 0 Å². The molecule has 0 saturated carbocycles. The predicted molar refractivity (Wildman–Crippen MR) is 141 cm³/mol. The van der Waals surface area contributed by atoms with Crippen molar-refractivity contribution in [3.8, 4) is 0 Å². The van der Waals surface area contributed by atoms with Gasteiger partial charge in [0.15, 0.2) is 0 Å². The standard InChI is InChI=1S/C25H23Cl3FN3O3S/c26-19-7-9-21(10-8-19)36(34,35)32(16-18-5-6-20(27)15-22(18)28)17-25(33)31-13-11-30(12-14-31)24-4-2-1-3-23(24)29/h1-10,15H,11-14,16-17H2. The number of rotatable bonds is 7. The summed E-state index contributed by atoms with van der Waals surface area (Å²) in [5.74, 6) is -0.678. The quantitative estimate of drug-likeness (QED) is 0.386. The van der Waals surface area contributed by atoms with Crippen molar-refractivity contribution in [2.45, 2.75) is 11.4 Å². The molecule has 0 aromatic heterocycles. The van der Waals surface area contributed by atoms with Gasteiger partial charge in [-0.15, -0.1) is 0 Å². The molecule has 0 spiro atoms. The number of hydrogen-bond donors (Lipinski definition) is 0. The molecule has 6 nitrogen and oxygen atoms in total. The number of anilines is 1. The summed E-state index contributed by atoms with van der Waals surface area (Å²) in [6.45, 7) is 1.03. The van der Waals surface area contributed by atoms with E-state index in [0.29, 0.717) is 52.5 Å². The maximum Gasteiger partial charge on any atom is 0.243 e. The van der Waals surface area contributed by atoms with Gasteiger partial charge in [0, 0.05) is 47.8 Å². The molecule has 1 heterocycles. The fraction of sp³-hybridized carbons (Fsp3) is 0.240. The van der Waals surface area contributed by atoms with Crippen LogP contribution in [0.3, 0.4) is 0 Å². The van der Waals surface area contributed by atoms with Crippen LogP contribution in [-0.4, -0.2) is 56.3 Å². The van der Waals surface area contributed by atoms with E-state index in [0.717, 1.165) is 4.31 Å². The Kier molecular flexibility index (Phi) is 8.42. The van der Waals surface area contributed by atoms with E-state index in [1.165, 1.54) is 36.4 Å². The van der Waals surface area contributed by atoms with E-state index in [2.05, 4.69) is 0 Å². The maximum atomic E-state index is 14.2. The summed E-state index contributed by atoms with van der Waals surface area (Å²) in [4.78, 5) is 16.7. The monoisotopic (exact) mass is 569 g/mol. The smallest absolute Gasteiger partial charge is 0.243 e. The topological polar surface area (TPSA) is 60.9 Å². The zero-order chi connectivity index (χ0) is 25.9. The molecule has 1 saturated heterocycles. The number of halogens is 4. The van der Waals surface area contributed by atoms with Gasteiger partial charge >= 0.3 is 0 Å². The van der Waals surface area contributed by atoms with Crippen LogP contribution in [0.5, 0.6) is 0 Å². The van der Waals surface area contributed by atoms with Crippen molar-refractivity contribution < 1.29 is 17.6 Å². The first-order chi connectivity index (χ1) is 17.1. The molecule has 190 valence electrons. The normalized spacial score (nSPS) is 14.4. The molecule has 4 rings (SSSR count). The fourth-order valence-corrected chi connectivity index (χ4v) is 5.94. The van der Waals surface area contributed by atoms with Crippen molar-refractivity contribution in [3.05, 3.63) is 93.2 Å². The van der Waals surface area contributed by atoms with Gasteiger partial charge in [-0.3, -0.25) is 4.79 Å². The largest absolute Gasteiger partial charge is 0.366 e. The lowest BCUT2D eigenvalue weighted by molar-refractivity contribution is -0.131. The van der Waals surface area contributed by atoms with Crippen molar-refractivity contribution >= 4 is 56.4 Å². The molecule has 0 atom stereocenters. The summed E-state index contributed by atoms with van der Waals surface area (Å²) in [5, 5.41) is 1.11. The zero-order valence-electron chi connectivity index (χ0n) is 19.1. The van der Waals surface area contributed by atoms with Crippen LogP contribution >= 0.6 is 34.8 Å². The number of carbonyl (C=O) groups excluding carboxylic acids is 1. The van der Waals surface area contributed by atoms with Gasteiger partial charge in [0.25, 0.3) is 0 Å². The first-order valence-electron chi connectivity index (χ1n) is 11.1. The Morgan fingerprint density at radius 2 is 1.53 bits per heavy atom. The average Bonchev–Trinajstić information content (AvgIpc) is 2.85. The lowest BCUT2D eigenvalue weighted by Crippen LogP contribution is -2.52. The van der Waals surface area contributed by atoms with Gasteiger partial charge < -0.3 is 9.80 Å². The second-order valence-corrected chi connectivity index (χ2v) is 11.5. The molecule has 1 fully saturated rings. The molecule has 0 bridgehead atoms. The lowest BCUT2D eigenvalue weighted by atomic mass is 10.2. The number of amides is 1. The number of piperazine rings is 1. The van der Waals surface area contributed by atoms with E-state index >= 15 is 0 Å². The van der Waals surface area contributed by atoms with Crippen molar-refractivity contribution in [2.24, 2.45) is 0 Å². The molecule has 0 radical (unpaired) electrons. The Labute approximate surface area is 224 Å². The predicted octanol–water partition coefficient (Wildman–Crippen LogP) is 5.33. The summed E-state index contributed by atoms with van der Waals surface area (Å²) in [6.07, 6.45) is 0. The Morgan fingerprint density at radius 3 is 2.17 bits per heavy atom. The van der Waals surface area contributed by atoms with Crippen molar-refractivity contribution in [1.82, 2.24) is 9.21 Å². The fourth-order valence-electron chi connectivity index (χ4n) is 3.98. The van der Waals surface area contributed by atoms with Gasteiger partial charge in [0.05, 0.1) is 17.1 Å². The molecule has 11 heteroatoms. The van der Waals surface area contributed by atoms with E-state index in [4.69, 9.17) is 34.8 Å². The molecule has 3 aromatic rings. The highest BCUT2D eigenvalue weighted by Gasteiger charge is 2.31. The third-order valence-electron chi connectivity index (χ3n) is 5.95. The molecule has 36 heavy (non-hydrogen) atoms. The first-order valence-corrected chi connectivity index (χ1v) is 13.7. The number of carbonyl (C=O) groups is 1. The van der Waals surface area contributed by atoms with Gasteiger partial charge in [-0.05, 0) is 54.1 Å². The Bertz CT molecular complexity index is 1350. The minimum absolute atomic E-state index is 0.00848. The van der Waals surface area contributed by atoms with Crippen molar-refractivity contribution in [3.63, 3.8) is 0 Å². The minimum Gasteiger partial charge on any atom is -0.366 e. The van der Waals surface area contributed by atoms with Gasteiger partial charge in [0.2, 0.25) is 15.9 Å². The highest BCUT2D eigenvalue weighted by atomic mass is 35.5. The van der Waals surface area contributed by atoms with E-state index < -0.39 is 10.0 Å². The van der Waals surface area contributed by atoms with Crippen LogP contribution in [0.25, 0.3) is 0 Å². The molecule has 0 unspecified atom stereocenters. The van der Waals surface area contributed by atoms with Crippen LogP contribution in [0, 0.1) is 5.82 Å². The molecule has 0 N–H and O–H groups in total. The van der Waals surface area contributed by atoms with Gasteiger partial charge in [-0.1, -0.05) is 53.0 Å². The summed E-state index contributed by atoms with van der Waals surface area (Å²) >= 11 is 18.2. The summed E-state index contributed by atoms with van der Waals surface area (Å²) in [5.41, 5.74) is 0.990. The molecule has 3 aromatic carbocycles. The number of benzene rings is 3. The van der Waals surface area contributed by atoms with Crippen LogP contribution in [-0.2, 0) is 21.4 Å². The highest BCUT2D eigenvalue weighted by molar-refractivity contribution is 7.89. The maximum absolute atomic E-state index is 14.2. The Morgan fingerprint density at radius 1 is 0.889 bits per heavy atom. The Hall–Kier alpha value is -2.36. The molecular formula is C25H23Cl3FN3O3S. The van der Waals surface area contributed by atoms with Gasteiger partial charge in [0.1, 0.15) is 5.82 Å². The van der Waals surface area contributed by atoms with Gasteiger partial charge in [-0.2, -0.15) is 4.31 Å². The highest BCUT2D eigenvalue weighted by Crippen LogP contribution is 2.26. The number of para-hydroxylation sites is 1. The lowest BCUT2D eigenvalue weighted by Gasteiger charge is -2.37. The molecular weight excluding hydrogens is 548 g/mol. The number of sulfonamides is 1. The van der Waals surface area contributed by atoms with E-state index in [1.807, 2.05) is 4.90 Å². The Balaban J connectivity index is 1.53. The van der Waals surface area contributed by atoms with E-state index in [1.54, 1.807) is 35.2 Å². The van der Waals surface area contributed by atoms with Crippen molar-refractivity contribution in [2.75, 3.05) is 37.6 Å². The van der Waals surface area contributed by atoms with Crippen LogP contribution < -0.4 is 4.90 Å². The van der Waals surface area contributed by atoms with Crippen LogP contribution in [0.1, 0.15) is 5.56 Å². The SMILES string of the molecule is O=C(CN(Cc1ccc(Cl)cc1Cl)S(=O)(=O)c1ccc(Cl)cc1)N1CCN(c2ccccc2F)CC1. The zero-order valence-corrected chi connectivity index (χ0v) is 22.2. The molecule has 1 aliphatic rings. The first kappa shape index (κ1) is 26.7. The number of nitrogens with zero attached hydrogens (tertiary/aromatic N) is 3. The van der Waals surface area contributed by atoms with Crippen LogP contribution in [0.4, 0.5) is 10.1 Å². The molecule has 1 amide bonds.